The van der Waals surface area contributed by atoms with Gasteiger partial charge in [0.1, 0.15) is 0 Å². The molecule has 0 aliphatic rings. The van der Waals surface area contributed by atoms with Gasteiger partial charge in [-0.05, 0) is 57.8 Å². The van der Waals surface area contributed by atoms with Crippen molar-refractivity contribution in [1.29, 1.82) is 0 Å². The maximum absolute atomic E-state index is 12.3. The summed E-state index contributed by atoms with van der Waals surface area (Å²) in [7, 11) is 0. The zero-order valence-electron chi connectivity index (χ0n) is 31.5. The van der Waals surface area contributed by atoms with Crippen LogP contribution < -0.4 is 5.32 Å². The van der Waals surface area contributed by atoms with Gasteiger partial charge in [0.2, 0.25) is 5.91 Å². The normalized spacial score (nSPS) is 13.4. The van der Waals surface area contributed by atoms with Gasteiger partial charge in [-0.3, -0.25) is 4.79 Å². The number of hydrogen-bond acceptors (Lipinski definition) is 3. The smallest absolute Gasteiger partial charge is 0.220 e. The van der Waals surface area contributed by atoms with Crippen molar-refractivity contribution in [2.24, 2.45) is 0 Å². The van der Waals surface area contributed by atoms with Crippen LogP contribution in [0, 0.1) is 0 Å². The highest BCUT2D eigenvalue weighted by Gasteiger charge is 2.17. The van der Waals surface area contributed by atoms with Gasteiger partial charge < -0.3 is 15.5 Å². The van der Waals surface area contributed by atoms with Gasteiger partial charge in [0.25, 0.3) is 0 Å². The number of nitrogens with one attached hydrogen (secondary N) is 1. The van der Waals surface area contributed by atoms with Crippen LogP contribution in [0.5, 0.6) is 0 Å². The molecule has 0 heterocycles. The first-order valence-electron chi connectivity index (χ1n) is 20.7. The van der Waals surface area contributed by atoms with Crippen LogP contribution in [0.1, 0.15) is 213 Å². The molecular formula is C43H81NO3. The van der Waals surface area contributed by atoms with Crippen LogP contribution in [0.25, 0.3) is 0 Å². The Bertz CT molecular complexity index is 716. The lowest BCUT2D eigenvalue weighted by Gasteiger charge is -2.19. The highest BCUT2D eigenvalue weighted by molar-refractivity contribution is 5.76. The van der Waals surface area contributed by atoms with Gasteiger partial charge in [-0.15, -0.1) is 0 Å². The summed E-state index contributed by atoms with van der Waals surface area (Å²) in [6.45, 7) is 4.29. The van der Waals surface area contributed by atoms with E-state index in [0.717, 1.165) is 32.1 Å². The van der Waals surface area contributed by atoms with Crippen molar-refractivity contribution in [3.63, 3.8) is 0 Å². The Hall–Kier alpha value is -1.39. The van der Waals surface area contributed by atoms with Crippen LogP contribution in [0.15, 0.2) is 36.5 Å². The molecule has 2 atom stereocenters. The van der Waals surface area contributed by atoms with Crippen molar-refractivity contribution in [2.45, 2.75) is 225 Å². The number of carbonyl (C=O) groups is 1. The molecule has 1 amide bonds. The Morgan fingerprint density at radius 1 is 0.489 bits per heavy atom. The minimum atomic E-state index is -0.861. The monoisotopic (exact) mass is 660 g/mol. The fraction of sp³-hybridized carbons (Fsp3) is 0.837. The Morgan fingerprint density at radius 2 is 0.830 bits per heavy atom. The standard InChI is InChI=1S/C43H81NO3/c1-3-5-7-9-11-13-15-17-19-20-21-22-23-24-25-27-29-31-33-35-37-39-43(47)44-41(40-45)42(46)38-36-34-32-30-28-26-18-16-14-12-10-8-6-4-2/h22-23,28,30,36,38,41-42,45-46H,3-21,24-27,29,31-35,37,39-40H2,1-2H3,(H,44,47)/b23-22-,30-28+,38-36+. The molecule has 4 heteroatoms. The van der Waals surface area contributed by atoms with Crippen molar-refractivity contribution in [1.82, 2.24) is 5.32 Å². The Morgan fingerprint density at radius 3 is 1.23 bits per heavy atom. The van der Waals surface area contributed by atoms with E-state index in [1.807, 2.05) is 6.08 Å². The van der Waals surface area contributed by atoms with Crippen LogP contribution >= 0.6 is 0 Å². The van der Waals surface area contributed by atoms with Crippen LogP contribution in [0.3, 0.4) is 0 Å². The van der Waals surface area contributed by atoms with Gasteiger partial charge in [0, 0.05) is 6.42 Å². The van der Waals surface area contributed by atoms with Crippen molar-refractivity contribution < 1.29 is 15.0 Å². The second-order valence-corrected chi connectivity index (χ2v) is 14.0. The first-order valence-corrected chi connectivity index (χ1v) is 20.7. The molecule has 0 fully saturated rings. The molecule has 276 valence electrons. The number of unbranched alkanes of at least 4 members (excludes halogenated alkanes) is 26. The van der Waals surface area contributed by atoms with E-state index in [9.17, 15) is 15.0 Å². The maximum Gasteiger partial charge on any atom is 0.220 e. The molecule has 0 aliphatic heterocycles. The molecule has 0 rings (SSSR count). The number of allylic oxidation sites excluding steroid dienone is 5. The SMILES string of the molecule is CCCCCCCCCC/C=C/CC/C=C/C(O)C(CO)NC(=O)CCCCCCCCC/C=C\CCCCCCCCCCCC. The molecule has 3 N–H and O–H groups in total. The van der Waals surface area contributed by atoms with E-state index >= 15 is 0 Å². The summed E-state index contributed by atoms with van der Waals surface area (Å²) in [4.78, 5) is 12.3. The van der Waals surface area contributed by atoms with Gasteiger partial charge in [-0.1, -0.05) is 185 Å². The first-order chi connectivity index (χ1) is 23.2. The Balaban J connectivity index is 3.61. The fourth-order valence-electron chi connectivity index (χ4n) is 6.13. The second kappa shape index (κ2) is 39.1. The summed E-state index contributed by atoms with van der Waals surface area (Å²) in [6, 6.07) is -0.639. The lowest BCUT2D eigenvalue weighted by molar-refractivity contribution is -0.123. The molecule has 0 bridgehead atoms. The summed E-state index contributed by atoms with van der Waals surface area (Å²) in [5, 5.41) is 22.9. The van der Waals surface area contributed by atoms with Crippen molar-refractivity contribution >= 4 is 5.91 Å². The summed E-state index contributed by atoms with van der Waals surface area (Å²) in [5.41, 5.74) is 0. The summed E-state index contributed by atoms with van der Waals surface area (Å²) in [5.74, 6) is -0.0787. The summed E-state index contributed by atoms with van der Waals surface area (Å²) in [6.07, 6.45) is 51.0. The molecule has 0 saturated heterocycles. The summed E-state index contributed by atoms with van der Waals surface area (Å²) < 4.78 is 0. The molecule has 2 unspecified atom stereocenters. The van der Waals surface area contributed by atoms with Crippen molar-refractivity contribution in [2.75, 3.05) is 6.61 Å². The average Bonchev–Trinajstić information content (AvgIpc) is 3.07. The number of aliphatic hydroxyl groups is 2. The topological polar surface area (TPSA) is 69.6 Å². The third kappa shape index (κ3) is 35.7. The molecule has 0 radical (unpaired) electrons. The van der Waals surface area contributed by atoms with Gasteiger partial charge in [0.05, 0.1) is 18.8 Å². The van der Waals surface area contributed by atoms with Crippen LogP contribution in [0.4, 0.5) is 0 Å². The van der Waals surface area contributed by atoms with Crippen molar-refractivity contribution in [3.8, 4) is 0 Å². The van der Waals surface area contributed by atoms with Gasteiger partial charge >= 0.3 is 0 Å². The largest absolute Gasteiger partial charge is 0.394 e. The van der Waals surface area contributed by atoms with E-state index in [1.54, 1.807) is 6.08 Å². The number of hydrogen-bond donors (Lipinski definition) is 3. The molecule has 47 heavy (non-hydrogen) atoms. The van der Waals surface area contributed by atoms with E-state index in [0.29, 0.717) is 6.42 Å². The molecular weight excluding hydrogens is 578 g/mol. The third-order valence-corrected chi connectivity index (χ3v) is 9.35. The van der Waals surface area contributed by atoms with E-state index in [-0.39, 0.29) is 12.5 Å². The van der Waals surface area contributed by atoms with Gasteiger partial charge in [0.15, 0.2) is 0 Å². The first kappa shape index (κ1) is 45.6. The minimum Gasteiger partial charge on any atom is -0.394 e. The predicted octanol–water partition coefficient (Wildman–Crippen LogP) is 12.6. The minimum absolute atomic E-state index is 0.0787. The molecule has 0 aromatic heterocycles. The molecule has 0 saturated carbocycles. The number of rotatable bonds is 37. The van der Waals surface area contributed by atoms with Crippen LogP contribution in [-0.2, 0) is 4.79 Å². The molecule has 0 aromatic rings. The molecule has 0 spiro atoms. The zero-order chi connectivity index (χ0) is 34.3. The third-order valence-electron chi connectivity index (χ3n) is 9.35. The number of amides is 1. The van der Waals surface area contributed by atoms with Gasteiger partial charge in [-0.2, -0.15) is 0 Å². The Kier molecular flexibility index (Phi) is 37.9. The lowest BCUT2D eigenvalue weighted by atomic mass is 10.1. The van der Waals surface area contributed by atoms with Gasteiger partial charge in [-0.25, -0.2) is 0 Å². The highest BCUT2D eigenvalue weighted by atomic mass is 16.3. The Labute approximate surface area is 293 Å². The van der Waals surface area contributed by atoms with Crippen LogP contribution in [-0.4, -0.2) is 34.9 Å². The molecule has 0 aromatic carbocycles. The molecule has 0 aliphatic carbocycles. The van der Waals surface area contributed by atoms with E-state index in [4.69, 9.17) is 0 Å². The fourth-order valence-corrected chi connectivity index (χ4v) is 6.13. The van der Waals surface area contributed by atoms with E-state index in [1.165, 1.54) is 161 Å². The van der Waals surface area contributed by atoms with E-state index in [2.05, 4.69) is 43.5 Å². The summed E-state index contributed by atoms with van der Waals surface area (Å²) >= 11 is 0. The predicted molar refractivity (Wildman–Crippen MR) is 207 cm³/mol. The lowest BCUT2D eigenvalue weighted by Crippen LogP contribution is -2.45. The quantitative estimate of drug-likeness (QED) is 0.0459. The second-order valence-electron chi connectivity index (χ2n) is 14.0. The average molecular weight is 660 g/mol. The zero-order valence-corrected chi connectivity index (χ0v) is 31.5. The number of carbonyl (C=O) groups excluding carboxylic acids is 1. The highest BCUT2D eigenvalue weighted by Crippen LogP contribution is 2.14. The molecule has 4 nitrogen and oxygen atoms in total. The number of aliphatic hydroxyl groups excluding tert-OH is 2. The van der Waals surface area contributed by atoms with Crippen molar-refractivity contribution in [3.05, 3.63) is 36.5 Å². The van der Waals surface area contributed by atoms with Crippen LogP contribution in [0.2, 0.25) is 0 Å². The van der Waals surface area contributed by atoms with E-state index < -0.39 is 12.1 Å². The maximum atomic E-state index is 12.3.